The minimum absolute atomic E-state index is 0.0485. The molecule has 0 amide bonds. The first-order valence-corrected chi connectivity index (χ1v) is 12.4. The summed E-state index contributed by atoms with van der Waals surface area (Å²) in [5.74, 6) is -1.22. The molecular weight excluding hydrogens is 446 g/mol. The normalized spacial score (nSPS) is 20.8. The Kier molecular flexibility index (Phi) is 6.89. The number of carboxylic acid groups (broad SMARTS) is 1. The molecule has 1 N–H and O–H groups in total. The number of hydrogen-bond acceptors (Lipinski definition) is 3. The molecule has 0 bridgehead atoms. The quantitative estimate of drug-likeness (QED) is 0.569. The smallest absolute Gasteiger partial charge is 0.333 e. The number of rotatable bonds is 6. The molecule has 172 valence electrons. The van der Waals surface area contributed by atoms with Crippen LogP contribution in [0.4, 0.5) is 0 Å². The van der Waals surface area contributed by atoms with Crippen molar-refractivity contribution >= 4 is 27.6 Å². The van der Waals surface area contributed by atoms with Crippen LogP contribution in [0.3, 0.4) is 0 Å². The predicted octanol–water partition coefficient (Wildman–Crippen LogP) is 5.85. The molecule has 5 nitrogen and oxygen atoms in total. The van der Waals surface area contributed by atoms with Gasteiger partial charge in [0.2, 0.25) is 10.0 Å². The molecule has 0 aliphatic carbocycles. The van der Waals surface area contributed by atoms with Gasteiger partial charge in [0.1, 0.15) is 0 Å². The summed E-state index contributed by atoms with van der Waals surface area (Å²) in [5, 5.41) is 10.5. The number of aliphatic carboxylic acids is 1. The number of sulfonamides is 1. The van der Waals surface area contributed by atoms with Crippen LogP contribution < -0.4 is 0 Å². The highest BCUT2D eigenvalue weighted by Gasteiger charge is 2.48. The summed E-state index contributed by atoms with van der Waals surface area (Å²) in [6.45, 7) is 10.0. The molecule has 1 aliphatic rings. The first kappa shape index (κ1) is 24.5. The van der Waals surface area contributed by atoms with Crippen molar-refractivity contribution in [2.75, 3.05) is 0 Å². The molecule has 1 unspecified atom stereocenters. The van der Waals surface area contributed by atoms with Crippen LogP contribution in [-0.2, 0) is 14.8 Å². The Balaban J connectivity index is 2.23. The SMILES string of the molecule is Cc1ccccc1S(=O)(=O)N1[C@@H](c2ccc(Cl)cc2)C(C(=O)O)=C[C@H]1C(C)CC(C)(C)C. The monoisotopic (exact) mass is 475 g/mol. The number of carboxylic acids is 1. The summed E-state index contributed by atoms with van der Waals surface area (Å²) in [6, 6.07) is 12.0. The molecule has 7 heteroatoms. The average Bonchev–Trinajstić information content (AvgIpc) is 3.09. The maximum Gasteiger partial charge on any atom is 0.333 e. The zero-order valence-electron chi connectivity index (χ0n) is 19.0. The Morgan fingerprint density at radius 3 is 2.25 bits per heavy atom. The van der Waals surface area contributed by atoms with Crippen molar-refractivity contribution in [3.63, 3.8) is 0 Å². The Bertz CT molecular complexity index is 1130. The zero-order valence-corrected chi connectivity index (χ0v) is 20.6. The lowest BCUT2D eigenvalue weighted by Crippen LogP contribution is -2.43. The lowest BCUT2D eigenvalue weighted by atomic mass is 9.82. The van der Waals surface area contributed by atoms with Crippen molar-refractivity contribution in [2.45, 2.75) is 58.0 Å². The fourth-order valence-electron chi connectivity index (χ4n) is 4.58. The first-order chi connectivity index (χ1) is 14.8. The van der Waals surface area contributed by atoms with E-state index in [0.29, 0.717) is 16.1 Å². The maximum atomic E-state index is 14.0. The van der Waals surface area contributed by atoms with Gasteiger partial charge in [0.15, 0.2) is 0 Å². The summed E-state index contributed by atoms with van der Waals surface area (Å²) in [4.78, 5) is 12.5. The minimum Gasteiger partial charge on any atom is -0.478 e. The van der Waals surface area contributed by atoms with Gasteiger partial charge in [-0.1, -0.05) is 75.7 Å². The second-order valence-corrected chi connectivity index (χ2v) is 12.0. The van der Waals surface area contributed by atoms with Crippen molar-refractivity contribution in [1.29, 1.82) is 0 Å². The highest BCUT2D eigenvalue weighted by Crippen LogP contribution is 2.45. The molecular formula is C25H30ClNO4S. The van der Waals surface area contributed by atoms with Gasteiger partial charge in [-0.25, -0.2) is 13.2 Å². The summed E-state index contributed by atoms with van der Waals surface area (Å²) in [5.41, 5.74) is 1.21. The number of aryl methyl sites for hydroxylation is 1. The van der Waals surface area contributed by atoms with Crippen molar-refractivity contribution < 1.29 is 18.3 Å². The first-order valence-electron chi connectivity index (χ1n) is 10.6. The summed E-state index contributed by atoms with van der Waals surface area (Å²) < 4.78 is 29.4. The van der Waals surface area contributed by atoms with E-state index < -0.39 is 28.1 Å². The fourth-order valence-corrected chi connectivity index (χ4v) is 6.76. The van der Waals surface area contributed by atoms with Crippen LogP contribution in [0.25, 0.3) is 0 Å². The van der Waals surface area contributed by atoms with E-state index in [9.17, 15) is 18.3 Å². The number of carbonyl (C=O) groups is 1. The molecule has 3 atom stereocenters. The van der Waals surface area contributed by atoms with Gasteiger partial charge in [0.05, 0.1) is 16.5 Å². The molecule has 2 aromatic carbocycles. The Morgan fingerprint density at radius 1 is 1.12 bits per heavy atom. The lowest BCUT2D eigenvalue weighted by Gasteiger charge is -2.36. The molecule has 0 radical (unpaired) electrons. The van der Waals surface area contributed by atoms with Crippen molar-refractivity contribution in [2.24, 2.45) is 11.3 Å². The molecule has 2 aromatic rings. The third kappa shape index (κ3) is 4.92. The van der Waals surface area contributed by atoms with E-state index in [1.165, 1.54) is 4.31 Å². The molecule has 1 heterocycles. The Morgan fingerprint density at radius 2 is 1.72 bits per heavy atom. The average molecular weight is 476 g/mol. The predicted molar refractivity (Wildman–Crippen MR) is 127 cm³/mol. The van der Waals surface area contributed by atoms with Gasteiger partial charge in [-0.2, -0.15) is 4.31 Å². The summed E-state index contributed by atoms with van der Waals surface area (Å²) in [6.07, 6.45) is 2.35. The van der Waals surface area contributed by atoms with E-state index in [2.05, 4.69) is 20.8 Å². The van der Waals surface area contributed by atoms with E-state index >= 15 is 0 Å². The summed E-state index contributed by atoms with van der Waals surface area (Å²) >= 11 is 6.05. The van der Waals surface area contributed by atoms with Crippen LogP contribution in [0, 0.1) is 18.3 Å². The highest BCUT2D eigenvalue weighted by atomic mass is 35.5. The van der Waals surface area contributed by atoms with Crippen LogP contribution in [-0.4, -0.2) is 29.8 Å². The van der Waals surface area contributed by atoms with Crippen LogP contribution in [0.5, 0.6) is 0 Å². The summed E-state index contributed by atoms with van der Waals surface area (Å²) in [7, 11) is -4.01. The van der Waals surface area contributed by atoms with Crippen molar-refractivity contribution in [3.05, 3.63) is 76.3 Å². The van der Waals surface area contributed by atoms with Gasteiger partial charge in [-0.05, 0) is 54.0 Å². The topological polar surface area (TPSA) is 74.7 Å². The lowest BCUT2D eigenvalue weighted by molar-refractivity contribution is -0.133. The van der Waals surface area contributed by atoms with Gasteiger partial charge < -0.3 is 5.11 Å². The molecule has 0 spiro atoms. The van der Waals surface area contributed by atoms with E-state index in [4.69, 9.17) is 11.6 Å². The van der Waals surface area contributed by atoms with E-state index in [0.717, 1.165) is 6.42 Å². The second kappa shape index (κ2) is 9.00. The Hall–Kier alpha value is -2.15. The van der Waals surface area contributed by atoms with Gasteiger partial charge in [0, 0.05) is 11.1 Å². The van der Waals surface area contributed by atoms with Gasteiger partial charge in [-0.15, -0.1) is 0 Å². The molecule has 0 saturated heterocycles. The van der Waals surface area contributed by atoms with Crippen molar-refractivity contribution in [3.8, 4) is 0 Å². The molecule has 0 fully saturated rings. The van der Waals surface area contributed by atoms with E-state index in [1.54, 1.807) is 61.5 Å². The second-order valence-electron chi connectivity index (χ2n) is 9.71. The molecule has 0 aromatic heterocycles. The maximum absolute atomic E-state index is 14.0. The van der Waals surface area contributed by atoms with Crippen LogP contribution in [0.15, 0.2) is 65.1 Å². The van der Waals surface area contributed by atoms with Gasteiger partial charge >= 0.3 is 5.97 Å². The standard InChI is InChI=1S/C25H30ClNO4S/c1-16-8-6-7-9-22(16)32(30,31)27-21(17(2)15-25(3,4)5)14-20(24(28)29)23(27)18-10-12-19(26)13-11-18/h6-14,17,21,23H,15H2,1-5H3,(H,28,29)/t17?,21-,23-/m0/s1. The van der Waals surface area contributed by atoms with E-state index in [1.807, 2.05) is 6.92 Å². The molecule has 1 aliphatic heterocycles. The van der Waals surface area contributed by atoms with Gasteiger partial charge in [0.25, 0.3) is 0 Å². The third-order valence-electron chi connectivity index (χ3n) is 5.79. The number of hydrogen-bond donors (Lipinski definition) is 1. The fraction of sp³-hybridized carbons (Fsp3) is 0.400. The van der Waals surface area contributed by atoms with Crippen LogP contribution in [0.2, 0.25) is 5.02 Å². The molecule has 0 saturated carbocycles. The number of halogens is 1. The Labute approximate surface area is 195 Å². The van der Waals surface area contributed by atoms with E-state index in [-0.39, 0.29) is 21.8 Å². The third-order valence-corrected chi connectivity index (χ3v) is 8.07. The number of benzene rings is 2. The van der Waals surface area contributed by atoms with Gasteiger partial charge in [-0.3, -0.25) is 0 Å². The van der Waals surface area contributed by atoms with Crippen molar-refractivity contribution in [1.82, 2.24) is 4.31 Å². The van der Waals surface area contributed by atoms with Crippen LogP contribution >= 0.6 is 11.6 Å². The molecule has 32 heavy (non-hydrogen) atoms. The highest BCUT2D eigenvalue weighted by molar-refractivity contribution is 7.89. The van der Waals surface area contributed by atoms with Crippen LogP contribution in [0.1, 0.15) is 51.3 Å². The minimum atomic E-state index is -4.01. The largest absolute Gasteiger partial charge is 0.478 e. The zero-order chi connectivity index (χ0) is 23.8. The molecule has 3 rings (SSSR count). The number of nitrogens with zero attached hydrogens (tertiary/aromatic N) is 1.